The van der Waals surface area contributed by atoms with Crippen LogP contribution in [0.25, 0.3) is 0 Å². The van der Waals surface area contributed by atoms with Gasteiger partial charge in [-0.1, -0.05) is 12.5 Å². The van der Waals surface area contributed by atoms with Crippen molar-refractivity contribution in [3.05, 3.63) is 23.8 Å². The van der Waals surface area contributed by atoms with Gasteiger partial charge >= 0.3 is 0 Å². The average molecular weight is 334 g/mol. The standard InChI is InChI=1S/C18H26N2O2S/c1-20(11-13-5-7-16(21-2)17(10-13)22-3)18(23)19-15-9-12-4-6-14(15)8-12/h5,7,10,12,14-15H,4,6,8-9,11H2,1-3H3,(H,19,23)/t12-,14-,15+/m0/s1. The summed E-state index contributed by atoms with van der Waals surface area (Å²) in [5.41, 5.74) is 1.15. The second kappa shape index (κ2) is 6.95. The Morgan fingerprint density at radius 1 is 1.22 bits per heavy atom. The van der Waals surface area contributed by atoms with Crippen LogP contribution in [-0.2, 0) is 6.54 Å². The molecule has 1 aromatic rings. The monoisotopic (exact) mass is 334 g/mol. The molecule has 2 fully saturated rings. The van der Waals surface area contributed by atoms with Gasteiger partial charge < -0.3 is 19.7 Å². The molecule has 0 saturated heterocycles. The first-order valence-corrected chi connectivity index (χ1v) is 8.74. The zero-order chi connectivity index (χ0) is 16.4. The predicted octanol–water partition coefficient (Wildman–Crippen LogP) is 3.20. The van der Waals surface area contributed by atoms with Crippen LogP contribution in [0.2, 0.25) is 0 Å². The predicted molar refractivity (Wildman–Crippen MR) is 96.0 cm³/mol. The van der Waals surface area contributed by atoms with Crippen molar-refractivity contribution in [2.75, 3.05) is 21.3 Å². The molecule has 2 saturated carbocycles. The largest absolute Gasteiger partial charge is 0.493 e. The second-order valence-electron chi connectivity index (χ2n) is 6.78. The Hall–Kier alpha value is -1.49. The lowest BCUT2D eigenvalue weighted by molar-refractivity contribution is 0.353. The van der Waals surface area contributed by atoms with Crippen molar-refractivity contribution in [1.29, 1.82) is 0 Å². The second-order valence-corrected chi connectivity index (χ2v) is 7.16. The van der Waals surface area contributed by atoms with E-state index in [1.54, 1.807) is 14.2 Å². The molecule has 0 aliphatic heterocycles. The lowest BCUT2D eigenvalue weighted by Gasteiger charge is -2.28. The van der Waals surface area contributed by atoms with Crippen LogP contribution in [0.3, 0.4) is 0 Å². The minimum absolute atomic E-state index is 0.578. The minimum Gasteiger partial charge on any atom is -0.493 e. The van der Waals surface area contributed by atoms with Gasteiger partial charge in [-0.3, -0.25) is 0 Å². The van der Waals surface area contributed by atoms with E-state index in [4.69, 9.17) is 21.7 Å². The SMILES string of the molecule is COc1ccc(CN(C)C(=S)N[C@@H]2C[C@H]3CC[C@H]2C3)cc1OC. The first-order valence-electron chi connectivity index (χ1n) is 8.33. The van der Waals surface area contributed by atoms with Gasteiger partial charge in [-0.15, -0.1) is 0 Å². The van der Waals surface area contributed by atoms with Gasteiger partial charge in [0.25, 0.3) is 0 Å². The maximum Gasteiger partial charge on any atom is 0.169 e. The van der Waals surface area contributed by atoms with Crippen molar-refractivity contribution in [3.63, 3.8) is 0 Å². The maximum absolute atomic E-state index is 5.60. The molecule has 126 valence electrons. The Balaban J connectivity index is 1.58. The Kier molecular flexibility index (Phi) is 4.95. The van der Waals surface area contributed by atoms with Crippen LogP contribution >= 0.6 is 12.2 Å². The molecule has 2 bridgehead atoms. The third kappa shape index (κ3) is 3.55. The number of thiocarbonyl (C=S) groups is 1. The van der Waals surface area contributed by atoms with Crippen LogP contribution in [0.5, 0.6) is 11.5 Å². The number of fused-ring (bicyclic) bond motifs is 2. The van der Waals surface area contributed by atoms with Gasteiger partial charge in [0.1, 0.15) is 0 Å². The molecule has 1 N–H and O–H groups in total. The van der Waals surface area contributed by atoms with E-state index < -0.39 is 0 Å². The van der Waals surface area contributed by atoms with E-state index in [1.807, 2.05) is 19.2 Å². The van der Waals surface area contributed by atoms with Gasteiger partial charge in [0.05, 0.1) is 14.2 Å². The van der Waals surface area contributed by atoms with Crippen molar-refractivity contribution in [2.45, 2.75) is 38.3 Å². The fraction of sp³-hybridized carbons (Fsp3) is 0.611. The van der Waals surface area contributed by atoms with E-state index >= 15 is 0 Å². The van der Waals surface area contributed by atoms with Crippen molar-refractivity contribution < 1.29 is 9.47 Å². The Labute approximate surface area is 144 Å². The van der Waals surface area contributed by atoms with Gasteiger partial charge in [0.15, 0.2) is 16.6 Å². The van der Waals surface area contributed by atoms with Crippen LogP contribution in [-0.4, -0.2) is 37.3 Å². The number of hydrogen-bond acceptors (Lipinski definition) is 3. The lowest BCUT2D eigenvalue weighted by Crippen LogP contribution is -2.44. The first kappa shape index (κ1) is 16.4. The van der Waals surface area contributed by atoms with Crippen LogP contribution in [0.15, 0.2) is 18.2 Å². The van der Waals surface area contributed by atoms with Crippen LogP contribution in [0.1, 0.15) is 31.2 Å². The Morgan fingerprint density at radius 3 is 2.61 bits per heavy atom. The number of rotatable bonds is 5. The van der Waals surface area contributed by atoms with E-state index in [2.05, 4.69) is 16.3 Å². The number of hydrogen-bond donors (Lipinski definition) is 1. The molecule has 1 aromatic carbocycles. The normalized spacial score (nSPS) is 25.3. The third-order valence-corrected chi connectivity index (χ3v) is 5.69. The molecule has 0 unspecified atom stereocenters. The highest BCUT2D eigenvalue weighted by Crippen LogP contribution is 2.44. The van der Waals surface area contributed by atoms with Gasteiger partial charge in [0, 0.05) is 19.6 Å². The first-order chi connectivity index (χ1) is 11.1. The summed E-state index contributed by atoms with van der Waals surface area (Å²) in [7, 11) is 5.35. The van der Waals surface area contributed by atoms with E-state index in [0.29, 0.717) is 6.04 Å². The molecule has 3 rings (SSSR count). The number of ether oxygens (including phenoxy) is 2. The molecule has 0 heterocycles. The molecule has 4 nitrogen and oxygen atoms in total. The molecule has 0 aromatic heterocycles. The van der Waals surface area contributed by atoms with Gasteiger partial charge in [-0.25, -0.2) is 0 Å². The molecule has 5 heteroatoms. The smallest absolute Gasteiger partial charge is 0.169 e. The quantitative estimate of drug-likeness (QED) is 0.837. The molecule has 2 aliphatic rings. The summed E-state index contributed by atoms with van der Waals surface area (Å²) < 4.78 is 10.7. The summed E-state index contributed by atoms with van der Waals surface area (Å²) >= 11 is 5.60. The lowest BCUT2D eigenvalue weighted by atomic mass is 9.95. The summed E-state index contributed by atoms with van der Waals surface area (Å²) in [6.07, 6.45) is 5.45. The maximum atomic E-state index is 5.60. The Morgan fingerprint density at radius 2 is 2.00 bits per heavy atom. The number of methoxy groups -OCH3 is 2. The molecular weight excluding hydrogens is 308 g/mol. The molecule has 0 radical (unpaired) electrons. The van der Waals surface area contributed by atoms with Crippen LogP contribution in [0.4, 0.5) is 0 Å². The topological polar surface area (TPSA) is 33.7 Å². The number of nitrogens with one attached hydrogen (secondary N) is 1. The highest BCUT2D eigenvalue weighted by molar-refractivity contribution is 7.80. The summed E-state index contributed by atoms with van der Waals surface area (Å²) in [6, 6.07) is 6.58. The highest BCUT2D eigenvalue weighted by atomic mass is 32.1. The summed E-state index contributed by atoms with van der Waals surface area (Å²) in [5.74, 6) is 3.26. The van der Waals surface area contributed by atoms with E-state index in [9.17, 15) is 0 Å². The summed E-state index contributed by atoms with van der Waals surface area (Å²) in [4.78, 5) is 2.10. The van der Waals surface area contributed by atoms with Crippen molar-refractivity contribution in [2.24, 2.45) is 11.8 Å². The van der Waals surface area contributed by atoms with Gasteiger partial charge in [-0.05, 0) is 61.0 Å². The molecule has 0 spiro atoms. The van der Waals surface area contributed by atoms with Crippen LogP contribution in [0, 0.1) is 11.8 Å². The minimum atomic E-state index is 0.578. The fourth-order valence-corrected chi connectivity index (χ4v) is 4.23. The Bertz CT molecular complexity index is 578. The molecule has 0 amide bonds. The molecule has 3 atom stereocenters. The van der Waals surface area contributed by atoms with E-state index in [1.165, 1.54) is 25.7 Å². The van der Waals surface area contributed by atoms with Crippen molar-refractivity contribution in [3.8, 4) is 11.5 Å². The molecular formula is C18H26N2O2S. The van der Waals surface area contributed by atoms with Crippen LogP contribution < -0.4 is 14.8 Å². The molecule has 2 aliphatic carbocycles. The zero-order valence-corrected chi connectivity index (χ0v) is 15.0. The highest BCUT2D eigenvalue weighted by Gasteiger charge is 2.39. The van der Waals surface area contributed by atoms with Gasteiger partial charge in [0.2, 0.25) is 0 Å². The third-order valence-electron chi connectivity index (χ3n) is 5.26. The van der Waals surface area contributed by atoms with E-state index in [0.717, 1.165) is 40.6 Å². The average Bonchev–Trinajstić information content (AvgIpc) is 3.17. The fourth-order valence-electron chi connectivity index (χ4n) is 4.01. The summed E-state index contributed by atoms with van der Waals surface area (Å²) in [6.45, 7) is 0.757. The number of benzene rings is 1. The van der Waals surface area contributed by atoms with E-state index in [-0.39, 0.29) is 0 Å². The zero-order valence-electron chi connectivity index (χ0n) is 14.2. The number of nitrogens with zero attached hydrogens (tertiary/aromatic N) is 1. The van der Waals surface area contributed by atoms with Crippen molar-refractivity contribution in [1.82, 2.24) is 10.2 Å². The summed E-state index contributed by atoms with van der Waals surface area (Å²) in [5, 5.41) is 4.43. The van der Waals surface area contributed by atoms with Crippen molar-refractivity contribution >= 4 is 17.3 Å². The van der Waals surface area contributed by atoms with Gasteiger partial charge in [-0.2, -0.15) is 0 Å². The molecule has 23 heavy (non-hydrogen) atoms.